The van der Waals surface area contributed by atoms with E-state index in [1.165, 1.54) is 6.26 Å². The first-order chi connectivity index (χ1) is 10.1. The standard InChI is InChI=1S/C15H17NO5/c17-10-3-1-8(2-4-10)11-7-21-13-6-9(16-20)5-12(18)14(13)15(11)19/h1,7,9-10,12,17-18H,2-6H2. The summed E-state index contributed by atoms with van der Waals surface area (Å²) in [5, 5.41) is 22.5. The van der Waals surface area contributed by atoms with Gasteiger partial charge in [0, 0.05) is 12.8 Å². The molecule has 0 fully saturated rings. The van der Waals surface area contributed by atoms with E-state index in [1.54, 1.807) is 0 Å². The Morgan fingerprint density at radius 1 is 1.33 bits per heavy atom. The Hall–Kier alpha value is -1.79. The number of hydrogen-bond donors (Lipinski definition) is 2. The van der Waals surface area contributed by atoms with Crippen molar-refractivity contribution in [3.63, 3.8) is 0 Å². The van der Waals surface area contributed by atoms with E-state index >= 15 is 0 Å². The molecule has 0 aromatic carbocycles. The van der Waals surface area contributed by atoms with Crippen LogP contribution < -0.4 is 5.43 Å². The van der Waals surface area contributed by atoms with Crippen molar-refractivity contribution in [2.24, 2.45) is 5.18 Å². The molecule has 3 atom stereocenters. The molecule has 112 valence electrons. The van der Waals surface area contributed by atoms with Crippen LogP contribution in [0.2, 0.25) is 0 Å². The van der Waals surface area contributed by atoms with Crippen molar-refractivity contribution in [2.75, 3.05) is 0 Å². The minimum atomic E-state index is -1.01. The van der Waals surface area contributed by atoms with Crippen LogP contribution in [0.25, 0.3) is 5.57 Å². The van der Waals surface area contributed by atoms with Crippen LogP contribution in [0.15, 0.2) is 26.7 Å². The van der Waals surface area contributed by atoms with Crippen molar-refractivity contribution >= 4 is 5.57 Å². The smallest absolute Gasteiger partial charge is 0.198 e. The number of nitroso groups, excluding NO2 is 1. The topological polar surface area (TPSA) is 100 Å². The highest BCUT2D eigenvalue weighted by molar-refractivity contribution is 5.66. The molecule has 0 amide bonds. The summed E-state index contributed by atoms with van der Waals surface area (Å²) >= 11 is 0. The average molecular weight is 291 g/mol. The zero-order chi connectivity index (χ0) is 15.0. The van der Waals surface area contributed by atoms with Crippen molar-refractivity contribution in [3.05, 3.63) is 44.4 Å². The monoisotopic (exact) mass is 291 g/mol. The summed E-state index contributed by atoms with van der Waals surface area (Å²) in [6.07, 6.45) is 4.02. The van der Waals surface area contributed by atoms with Crippen LogP contribution >= 0.6 is 0 Å². The minimum Gasteiger partial charge on any atom is -0.468 e. The average Bonchev–Trinajstić information content (AvgIpc) is 2.48. The zero-order valence-corrected chi connectivity index (χ0v) is 11.5. The van der Waals surface area contributed by atoms with Gasteiger partial charge in [0.15, 0.2) is 5.43 Å². The molecule has 3 rings (SSSR count). The van der Waals surface area contributed by atoms with E-state index in [0.717, 1.165) is 5.57 Å². The Balaban J connectivity index is 2.01. The first-order valence-electron chi connectivity index (χ1n) is 7.12. The summed E-state index contributed by atoms with van der Waals surface area (Å²) in [6.45, 7) is 0. The van der Waals surface area contributed by atoms with Crippen LogP contribution in [0.3, 0.4) is 0 Å². The molecule has 0 saturated carbocycles. The lowest BCUT2D eigenvalue weighted by Gasteiger charge is -2.24. The maximum Gasteiger partial charge on any atom is 0.198 e. The molecule has 0 aliphatic heterocycles. The fourth-order valence-corrected chi connectivity index (χ4v) is 3.05. The molecule has 1 heterocycles. The molecule has 2 aliphatic rings. The minimum absolute atomic E-state index is 0.155. The molecular formula is C15H17NO5. The molecule has 21 heavy (non-hydrogen) atoms. The number of aliphatic hydroxyl groups is 2. The molecule has 0 radical (unpaired) electrons. The number of nitrogens with zero attached hydrogens (tertiary/aromatic N) is 1. The fraction of sp³-hybridized carbons (Fsp3) is 0.533. The van der Waals surface area contributed by atoms with Gasteiger partial charge in [-0.25, -0.2) is 0 Å². The van der Waals surface area contributed by atoms with Crippen LogP contribution in [0.5, 0.6) is 0 Å². The van der Waals surface area contributed by atoms with Gasteiger partial charge in [-0.1, -0.05) is 11.3 Å². The van der Waals surface area contributed by atoms with Gasteiger partial charge in [-0.2, -0.15) is 4.91 Å². The first-order valence-corrected chi connectivity index (χ1v) is 7.12. The van der Waals surface area contributed by atoms with E-state index in [0.29, 0.717) is 30.6 Å². The third kappa shape index (κ3) is 2.56. The number of fused-ring (bicyclic) bond motifs is 1. The van der Waals surface area contributed by atoms with Gasteiger partial charge in [0.25, 0.3) is 0 Å². The SMILES string of the molecule is O=NC1Cc2occ(C3=CCC(O)CC3)c(=O)c2C(O)C1. The highest BCUT2D eigenvalue weighted by Crippen LogP contribution is 2.32. The van der Waals surface area contributed by atoms with Gasteiger partial charge in [0.1, 0.15) is 18.1 Å². The van der Waals surface area contributed by atoms with Crippen LogP contribution in [0.4, 0.5) is 0 Å². The van der Waals surface area contributed by atoms with E-state index < -0.39 is 12.1 Å². The van der Waals surface area contributed by atoms with Gasteiger partial charge in [-0.3, -0.25) is 4.79 Å². The molecule has 1 aromatic heterocycles. The third-order valence-electron chi connectivity index (χ3n) is 4.24. The van der Waals surface area contributed by atoms with Crippen LogP contribution in [-0.4, -0.2) is 22.4 Å². The lowest BCUT2D eigenvalue weighted by Crippen LogP contribution is -2.29. The van der Waals surface area contributed by atoms with Gasteiger partial charge < -0.3 is 14.6 Å². The van der Waals surface area contributed by atoms with Crippen LogP contribution in [0, 0.1) is 4.91 Å². The van der Waals surface area contributed by atoms with E-state index in [1.807, 2.05) is 6.08 Å². The predicted molar refractivity (Wildman–Crippen MR) is 75.7 cm³/mol. The molecule has 6 heteroatoms. The largest absolute Gasteiger partial charge is 0.468 e. The molecule has 6 nitrogen and oxygen atoms in total. The quantitative estimate of drug-likeness (QED) is 0.807. The molecular weight excluding hydrogens is 274 g/mol. The van der Waals surface area contributed by atoms with E-state index in [2.05, 4.69) is 5.18 Å². The van der Waals surface area contributed by atoms with Crippen molar-refractivity contribution < 1.29 is 14.6 Å². The number of rotatable bonds is 2. The molecule has 3 unspecified atom stereocenters. The van der Waals surface area contributed by atoms with E-state index in [4.69, 9.17) is 4.42 Å². The maximum atomic E-state index is 12.6. The third-order valence-corrected chi connectivity index (χ3v) is 4.24. The number of allylic oxidation sites excluding steroid dienone is 1. The van der Waals surface area contributed by atoms with Crippen molar-refractivity contribution in [2.45, 2.75) is 50.4 Å². The van der Waals surface area contributed by atoms with Crippen molar-refractivity contribution in [3.8, 4) is 0 Å². The van der Waals surface area contributed by atoms with Crippen molar-refractivity contribution in [1.29, 1.82) is 0 Å². The Morgan fingerprint density at radius 2 is 2.14 bits per heavy atom. The summed E-state index contributed by atoms with van der Waals surface area (Å²) in [6, 6.07) is -0.550. The summed E-state index contributed by atoms with van der Waals surface area (Å²) < 4.78 is 5.48. The molecule has 0 saturated heterocycles. The maximum absolute atomic E-state index is 12.6. The first kappa shape index (κ1) is 14.2. The Kier molecular flexibility index (Phi) is 3.73. The summed E-state index contributed by atoms with van der Waals surface area (Å²) in [7, 11) is 0. The lowest BCUT2D eigenvalue weighted by molar-refractivity contribution is 0.139. The molecule has 2 aliphatic carbocycles. The van der Waals surface area contributed by atoms with Gasteiger partial charge >= 0.3 is 0 Å². The normalized spacial score (nSPS) is 28.7. The van der Waals surface area contributed by atoms with Gasteiger partial charge in [0.2, 0.25) is 0 Å². The van der Waals surface area contributed by atoms with Gasteiger partial charge in [0.05, 0.1) is 23.3 Å². The second-order valence-electron chi connectivity index (χ2n) is 5.69. The zero-order valence-electron chi connectivity index (χ0n) is 11.5. The highest BCUT2D eigenvalue weighted by Gasteiger charge is 2.32. The summed E-state index contributed by atoms with van der Waals surface area (Å²) in [5.41, 5.74) is 1.30. The van der Waals surface area contributed by atoms with Crippen LogP contribution in [0.1, 0.15) is 48.7 Å². The fourth-order valence-electron chi connectivity index (χ4n) is 3.05. The Morgan fingerprint density at radius 3 is 2.81 bits per heavy atom. The Labute approximate surface area is 121 Å². The summed E-state index contributed by atoms with van der Waals surface area (Å²) in [5.74, 6) is 0.351. The molecule has 2 N–H and O–H groups in total. The molecule has 1 aromatic rings. The second kappa shape index (κ2) is 5.54. The molecule has 0 bridgehead atoms. The van der Waals surface area contributed by atoms with E-state index in [-0.39, 0.29) is 29.9 Å². The summed E-state index contributed by atoms with van der Waals surface area (Å²) in [4.78, 5) is 23.2. The van der Waals surface area contributed by atoms with Crippen molar-refractivity contribution in [1.82, 2.24) is 0 Å². The lowest BCUT2D eigenvalue weighted by atomic mass is 9.87. The van der Waals surface area contributed by atoms with Gasteiger partial charge in [-0.05, 0) is 24.8 Å². The Bertz CT molecular complexity index is 648. The molecule has 0 spiro atoms. The number of aliphatic hydroxyl groups excluding tert-OH is 2. The van der Waals surface area contributed by atoms with E-state index in [9.17, 15) is 19.9 Å². The highest BCUT2D eigenvalue weighted by atomic mass is 16.3. The predicted octanol–water partition coefficient (Wildman–Crippen LogP) is 1.68. The van der Waals surface area contributed by atoms with Crippen LogP contribution in [-0.2, 0) is 6.42 Å². The van der Waals surface area contributed by atoms with Gasteiger partial charge in [-0.15, -0.1) is 0 Å². The number of hydrogen-bond acceptors (Lipinski definition) is 6. The second-order valence-corrected chi connectivity index (χ2v) is 5.69.